The minimum absolute atomic E-state index is 0.699. The molecule has 78 valence electrons. The van der Waals surface area contributed by atoms with Crippen molar-refractivity contribution >= 4 is 23.0 Å². The third-order valence-electron chi connectivity index (χ3n) is 2.65. The summed E-state index contributed by atoms with van der Waals surface area (Å²) in [4.78, 5) is 10.3. The summed E-state index contributed by atoms with van der Waals surface area (Å²) in [5.74, 6) is 0. The molecule has 0 radical (unpaired) electrons. The Bertz CT molecular complexity index is 500. The van der Waals surface area contributed by atoms with Crippen molar-refractivity contribution in [3.8, 4) is 0 Å². The first kappa shape index (κ1) is 9.77. The molecule has 0 unspecified atom stereocenters. The SMILES string of the molecule is CCn1c(C)cc2cc(NC=O)ccc21. The van der Waals surface area contributed by atoms with E-state index in [0.717, 1.165) is 12.2 Å². The average Bonchev–Trinajstić information content (AvgIpc) is 2.53. The van der Waals surface area contributed by atoms with Gasteiger partial charge in [0.05, 0.1) is 0 Å². The maximum atomic E-state index is 10.3. The number of nitrogens with zero attached hydrogens (tertiary/aromatic N) is 1. The Labute approximate surface area is 88.7 Å². The molecule has 1 aromatic heterocycles. The van der Waals surface area contributed by atoms with Gasteiger partial charge < -0.3 is 9.88 Å². The molecule has 1 N–H and O–H groups in total. The number of carbonyl (C=O) groups excluding carboxylic acids is 1. The standard InChI is InChI=1S/C12H14N2O/c1-3-14-9(2)6-10-7-11(13-8-15)4-5-12(10)14/h4-8H,3H2,1-2H3,(H,13,15). The molecule has 3 nitrogen and oxygen atoms in total. The summed E-state index contributed by atoms with van der Waals surface area (Å²) >= 11 is 0. The van der Waals surface area contributed by atoms with Crippen LogP contribution >= 0.6 is 0 Å². The van der Waals surface area contributed by atoms with E-state index in [-0.39, 0.29) is 0 Å². The lowest BCUT2D eigenvalue weighted by Crippen LogP contribution is -1.96. The first-order chi connectivity index (χ1) is 7.26. The van der Waals surface area contributed by atoms with Crippen LogP contribution in [0, 0.1) is 6.92 Å². The molecular weight excluding hydrogens is 188 g/mol. The molecular formula is C12H14N2O. The van der Waals surface area contributed by atoms with Crippen molar-refractivity contribution in [1.82, 2.24) is 4.57 Å². The van der Waals surface area contributed by atoms with E-state index < -0.39 is 0 Å². The number of anilines is 1. The van der Waals surface area contributed by atoms with Gasteiger partial charge in [-0.2, -0.15) is 0 Å². The van der Waals surface area contributed by atoms with Crippen LogP contribution in [0.1, 0.15) is 12.6 Å². The lowest BCUT2D eigenvalue weighted by Gasteiger charge is -2.04. The fourth-order valence-electron chi connectivity index (χ4n) is 1.99. The van der Waals surface area contributed by atoms with Gasteiger partial charge in [-0.05, 0) is 38.1 Å². The van der Waals surface area contributed by atoms with E-state index in [1.165, 1.54) is 16.6 Å². The first-order valence-corrected chi connectivity index (χ1v) is 5.06. The van der Waals surface area contributed by atoms with Crippen molar-refractivity contribution in [2.75, 3.05) is 5.32 Å². The van der Waals surface area contributed by atoms with Gasteiger partial charge in [-0.3, -0.25) is 4.79 Å². The maximum Gasteiger partial charge on any atom is 0.211 e. The fourth-order valence-corrected chi connectivity index (χ4v) is 1.99. The summed E-state index contributed by atoms with van der Waals surface area (Å²) in [6.45, 7) is 5.19. The third-order valence-corrected chi connectivity index (χ3v) is 2.65. The number of benzene rings is 1. The summed E-state index contributed by atoms with van der Waals surface area (Å²) < 4.78 is 2.25. The fraction of sp³-hybridized carbons (Fsp3) is 0.250. The summed E-state index contributed by atoms with van der Waals surface area (Å²) in [7, 11) is 0. The Morgan fingerprint density at radius 1 is 1.40 bits per heavy atom. The number of hydrogen-bond donors (Lipinski definition) is 1. The van der Waals surface area contributed by atoms with Gasteiger partial charge in [0.25, 0.3) is 0 Å². The molecule has 2 rings (SSSR count). The Kier molecular flexibility index (Phi) is 2.46. The molecule has 1 amide bonds. The summed E-state index contributed by atoms with van der Waals surface area (Å²) in [5.41, 5.74) is 3.30. The molecule has 0 saturated heterocycles. The average molecular weight is 202 g/mol. The zero-order valence-corrected chi connectivity index (χ0v) is 8.95. The van der Waals surface area contributed by atoms with Crippen molar-refractivity contribution in [2.24, 2.45) is 0 Å². The maximum absolute atomic E-state index is 10.3. The molecule has 15 heavy (non-hydrogen) atoms. The van der Waals surface area contributed by atoms with Gasteiger partial charge in [0.15, 0.2) is 0 Å². The van der Waals surface area contributed by atoms with Crippen LogP contribution in [0.15, 0.2) is 24.3 Å². The van der Waals surface area contributed by atoms with E-state index in [1.807, 2.05) is 18.2 Å². The number of aryl methyl sites for hydroxylation is 2. The summed E-state index contributed by atoms with van der Waals surface area (Å²) in [5, 5.41) is 3.82. The molecule has 0 fully saturated rings. The highest BCUT2D eigenvalue weighted by atomic mass is 16.1. The van der Waals surface area contributed by atoms with Crippen LogP contribution in [0.4, 0.5) is 5.69 Å². The monoisotopic (exact) mass is 202 g/mol. The van der Waals surface area contributed by atoms with Gasteiger partial charge in [0, 0.05) is 28.8 Å². The number of nitrogens with one attached hydrogen (secondary N) is 1. The van der Waals surface area contributed by atoms with Gasteiger partial charge in [0.1, 0.15) is 0 Å². The molecule has 0 spiro atoms. The van der Waals surface area contributed by atoms with Gasteiger partial charge in [0.2, 0.25) is 6.41 Å². The van der Waals surface area contributed by atoms with Gasteiger partial charge in [-0.25, -0.2) is 0 Å². The van der Waals surface area contributed by atoms with Gasteiger partial charge in [-0.15, -0.1) is 0 Å². The highest BCUT2D eigenvalue weighted by molar-refractivity contribution is 5.87. The molecule has 0 aliphatic carbocycles. The van der Waals surface area contributed by atoms with Crippen molar-refractivity contribution in [3.63, 3.8) is 0 Å². The van der Waals surface area contributed by atoms with E-state index in [9.17, 15) is 4.79 Å². The predicted octanol–water partition coefficient (Wildman–Crippen LogP) is 2.54. The number of amides is 1. The van der Waals surface area contributed by atoms with Crippen LogP contribution in [0.5, 0.6) is 0 Å². The van der Waals surface area contributed by atoms with Crippen molar-refractivity contribution in [1.29, 1.82) is 0 Å². The van der Waals surface area contributed by atoms with Crippen LogP contribution in [0.25, 0.3) is 10.9 Å². The molecule has 0 atom stereocenters. The molecule has 0 saturated carbocycles. The van der Waals surface area contributed by atoms with Gasteiger partial charge in [-0.1, -0.05) is 0 Å². The Morgan fingerprint density at radius 2 is 2.20 bits per heavy atom. The molecule has 0 aliphatic rings. The zero-order chi connectivity index (χ0) is 10.8. The molecule has 3 heteroatoms. The normalized spacial score (nSPS) is 10.5. The zero-order valence-electron chi connectivity index (χ0n) is 8.95. The number of carbonyl (C=O) groups is 1. The largest absolute Gasteiger partial charge is 0.345 e. The molecule has 1 heterocycles. The molecule has 2 aromatic rings. The summed E-state index contributed by atoms with van der Waals surface area (Å²) in [6, 6.07) is 8.08. The van der Waals surface area contributed by atoms with E-state index in [2.05, 4.69) is 29.8 Å². The van der Waals surface area contributed by atoms with E-state index in [1.54, 1.807) is 0 Å². The number of fused-ring (bicyclic) bond motifs is 1. The lowest BCUT2D eigenvalue weighted by atomic mass is 10.2. The third kappa shape index (κ3) is 1.61. The van der Waals surface area contributed by atoms with E-state index in [0.29, 0.717) is 6.41 Å². The van der Waals surface area contributed by atoms with Crippen LogP contribution in [-0.2, 0) is 11.3 Å². The Balaban J connectivity index is 2.59. The van der Waals surface area contributed by atoms with Crippen molar-refractivity contribution < 1.29 is 4.79 Å². The smallest absolute Gasteiger partial charge is 0.211 e. The highest BCUT2D eigenvalue weighted by Crippen LogP contribution is 2.22. The first-order valence-electron chi connectivity index (χ1n) is 5.06. The van der Waals surface area contributed by atoms with Crippen LogP contribution in [-0.4, -0.2) is 11.0 Å². The second-order valence-corrected chi connectivity index (χ2v) is 3.57. The number of aromatic nitrogens is 1. The summed E-state index contributed by atoms with van der Waals surface area (Å²) in [6.07, 6.45) is 0.699. The highest BCUT2D eigenvalue weighted by Gasteiger charge is 2.04. The van der Waals surface area contributed by atoms with Crippen LogP contribution in [0.3, 0.4) is 0 Å². The minimum Gasteiger partial charge on any atom is -0.345 e. The molecule has 1 aromatic carbocycles. The predicted molar refractivity (Wildman–Crippen MR) is 62.0 cm³/mol. The second kappa shape index (κ2) is 3.77. The van der Waals surface area contributed by atoms with Crippen LogP contribution < -0.4 is 5.32 Å². The quantitative estimate of drug-likeness (QED) is 0.762. The van der Waals surface area contributed by atoms with Crippen molar-refractivity contribution in [3.05, 3.63) is 30.0 Å². The molecule has 0 aliphatic heterocycles. The topological polar surface area (TPSA) is 34.0 Å². The Morgan fingerprint density at radius 3 is 2.87 bits per heavy atom. The van der Waals surface area contributed by atoms with Crippen LogP contribution in [0.2, 0.25) is 0 Å². The molecule has 0 bridgehead atoms. The van der Waals surface area contributed by atoms with E-state index in [4.69, 9.17) is 0 Å². The Hall–Kier alpha value is -1.77. The van der Waals surface area contributed by atoms with Gasteiger partial charge >= 0.3 is 0 Å². The minimum atomic E-state index is 0.699. The van der Waals surface area contributed by atoms with E-state index >= 15 is 0 Å². The number of hydrogen-bond acceptors (Lipinski definition) is 1. The lowest BCUT2D eigenvalue weighted by molar-refractivity contribution is -0.105. The van der Waals surface area contributed by atoms with Crippen molar-refractivity contribution in [2.45, 2.75) is 20.4 Å². The second-order valence-electron chi connectivity index (χ2n) is 3.57. The number of rotatable bonds is 3.